The zero-order valence-corrected chi connectivity index (χ0v) is 12.1. The lowest BCUT2D eigenvalue weighted by Crippen LogP contribution is -2.06. The van der Waals surface area contributed by atoms with Crippen LogP contribution in [0.5, 0.6) is 0 Å². The highest BCUT2D eigenvalue weighted by Gasteiger charge is 2.10. The number of benzene rings is 2. The van der Waals surface area contributed by atoms with E-state index >= 15 is 0 Å². The first-order valence-corrected chi connectivity index (χ1v) is 7.51. The minimum absolute atomic E-state index is 0.330. The van der Waals surface area contributed by atoms with Gasteiger partial charge in [0.1, 0.15) is 0 Å². The van der Waals surface area contributed by atoms with Crippen LogP contribution in [0.2, 0.25) is 0 Å². The van der Waals surface area contributed by atoms with Crippen LogP contribution < -0.4 is 5.32 Å². The number of fused-ring (bicyclic) bond motifs is 1. The molecule has 0 amide bonds. The number of aromatic carboxylic acids is 1. The Kier molecular flexibility index (Phi) is 3.83. The molecule has 2 N–H and O–H groups in total. The number of hydrogen-bond donors (Lipinski definition) is 2. The number of nitrogens with zero attached hydrogens (tertiary/aromatic N) is 1. The van der Waals surface area contributed by atoms with Gasteiger partial charge in [-0.2, -0.15) is 0 Å². The SMILES string of the molecule is O=C(O)c1ccc(NCCc2nccs2)c2ccccc12. The van der Waals surface area contributed by atoms with E-state index in [1.807, 2.05) is 35.7 Å². The molecule has 0 fully saturated rings. The van der Waals surface area contributed by atoms with Crippen LogP contribution in [0.4, 0.5) is 5.69 Å². The predicted octanol–water partition coefficient (Wildman–Crippen LogP) is 3.65. The molecule has 2 aromatic carbocycles. The van der Waals surface area contributed by atoms with Crippen LogP contribution in [0.1, 0.15) is 15.4 Å². The van der Waals surface area contributed by atoms with E-state index < -0.39 is 5.97 Å². The van der Waals surface area contributed by atoms with Gasteiger partial charge in [-0.25, -0.2) is 9.78 Å². The van der Waals surface area contributed by atoms with Gasteiger partial charge in [-0.15, -0.1) is 11.3 Å². The minimum Gasteiger partial charge on any atom is -0.478 e. The van der Waals surface area contributed by atoms with Gasteiger partial charge in [-0.05, 0) is 17.5 Å². The van der Waals surface area contributed by atoms with Crippen LogP contribution in [0.15, 0.2) is 48.0 Å². The van der Waals surface area contributed by atoms with Gasteiger partial charge in [-0.1, -0.05) is 24.3 Å². The fraction of sp³-hybridized carbons (Fsp3) is 0.125. The van der Waals surface area contributed by atoms with Gasteiger partial charge in [-0.3, -0.25) is 0 Å². The van der Waals surface area contributed by atoms with Crippen molar-refractivity contribution in [3.05, 3.63) is 58.5 Å². The van der Waals surface area contributed by atoms with Crippen LogP contribution in [0.25, 0.3) is 10.8 Å². The third kappa shape index (κ3) is 2.87. The molecule has 0 aliphatic heterocycles. The fourth-order valence-corrected chi connectivity index (χ4v) is 2.94. The van der Waals surface area contributed by atoms with Gasteiger partial charge >= 0.3 is 5.97 Å². The summed E-state index contributed by atoms with van der Waals surface area (Å²) >= 11 is 1.64. The number of thiazole rings is 1. The summed E-state index contributed by atoms with van der Waals surface area (Å²) in [6, 6.07) is 11.0. The Balaban J connectivity index is 1.85. The second kappa shape index (κ2) is 5.93. The lowest BCUT2D eigenvalue weighted by molar-refractivity contribution is 0.0699. The zero-order chi connectivity index (χ0) is 14.7. The predicted molar refractivity (Wildman–Crippen MR) is 85.2 cm³/mol. The smallest absolute Gasteiger partial charge is 0.336 e. The van der Waals surface area contributed by atoms with Gasteiger partial charge in [0.2, 0.25) is 0 Å². The number of hydrogen-bond acceptors (Lipinski definition) is 4. The standard InChI is InChI=1S/C16H14N2O2S/c19-16(20)13-5-6-14(12-4-2-1-3-11(12)13)17-8-7-15-18-9-10-21-15/h1-6,9-10,17H,7-8H2,(H,19,20). The van der Waals surface area contributed by atoms with Crippen LogP contribution >= 0.6 is 11.3 Å². The maximum Gasteiger partial charge on any atom is 0.336 e. The van der Waals surface area contributed by atoms with Crippen molar-refractivity contribution in [3.63, 3.8) is 0 Å². The molecule has 0 radical (unpaired) electrons. The highest BCUT2D eigenvalue weighted by atomic mass is 32.1. The number of carboxylic acid groups (broad SMARTS) is 1. The maximum atomic E-state index is 11.3. The first-order valence-electron chi connectivity index (χ1n) is 6.63. The maximum absolute atomic E-state index is 11.3. The topological polar surface area (TPSA) is 62.2 Å². The highest BCUT2D eigenvalue weighted by Crippen LogP contribution is 2.26. The van der Waals surface area contributed by atoms with E-state index in [1.54, 1.807) is 23.6 Å². The first-order chi connectivity index (χ1) is 10.3. The summed E-state index contributed by atoms with van der Waals surface area (Å²) in [6.45, 7) is 0.768. The number of anilines is 1. The van der Waals surface area contributed by atoms with Gasteiger partial charge in [0, 0.05) is 35.6 Å². The van der Waals surface area contributed by atoms with E-state index in [0.717, 1.165) is 34.4 Å². The van der Waals surface area contributed by atoms with Crippen molar-refractivity contribution in [2.45, 2.75) is 6.42 Å². The summed E-state index contributed by atoms with van der Waals surface area (Å²) in [5.41, 5.74) is 1.28. The van der Waals surface area contributed by atoms with Crippen LogP contribution in [-0.2, 0) is 6.42 Å². The third-order valence-electron chi connectivity index (χ3n) is 3.29. The van der Waals surface area contributed by atoms with Gasteiger partial charge in [0.15, 0.2) is 0 Å². The second-order valence-electron chi connectivity index (χ2n) is 4.61. The Hall–Kier alpha value is -2.40. The Morgan fingerprint density at radius 2 is 2.00 bits per heavy atom. The molecule has 3 aromatic rings. The normalized spacial score (nSPS) is 10.7. The molecule has 106 valence electrons. The van der Waals surface area contributed by atoms with Crippen molar-refractivity contribution in [2.75, 3.05) is 11.9 Å². The van der Waals surface area contributed by atoms with Gasteiger partial charge in [0.05, 0.1) is 10.6 Å². The first kappa shape index (κ1) is 13.6. The Labute approximate surface area is 126 Å². The van der Waals surface area contributed by atoms with Crippen LogP contribution in [-0.4, -0.2) is 22.6 Å². The molecule has 1 heterocycles. The number of rotatable bonds is 5. The summed E-state index contributed by atoms with van der Waals surface area (Å²) in [5, 5.41) is 17.4. The van der Waals surface area contributed by atoms with E-state index in [1.165, 1.54) is 0 Å². The molecule has 0 aliphatic carbocycles. The van der Waals surface area contributed by atoms with Crippen molar-refractivity contribution in [3.8, 4) is 0 Å². The molecule has 4 nitrogen and oxygen atoms in total. The molecule has 0 atom stereocenters. The number of nitrogens with one attached hydrogen (secondary N) is 1. The van der Waals surface area contributed by atoms with Crippen molar-refractivity contribution in [1.29, 1.82) is 0 Å². The summed E-state index contributed by atoms with van der Waals surface area (Å²) in [7, 11) is 0. The molecule has 0 aliphatic rings. The summed E-state index contributed by atoms with van der Waals surface area (Å²) in [5.74, 6) is -0.902. The zero-order valence-electron chi connectivity index (χ0n) is 11.2. The van der Waals surface area contributed by atoms with Crippen LogP contribution in [0, 0.1) is 0 Å². The van der Waals surface area contributed by atoms with E-state index in [0.29, 0.717) is 5.56 Å². The van der Waals surface area contributed by atoms with Gasteiger partial charge < -0.3 is 10.4 Å². The molecule has 0 saturated carbocycles. The van der Waals surface area contributed by atoms with E-state index in [9.17, 15) is 9.90 Å². The molecule has 0 saturated heterocycles. The summed E-state index contributed by atoms with van der Waals surface area (Å²) in [6.07, 6.45) is 2.66. The highest BCUT2D eigenvalue weighted by molar-refractivity contribution is 7.09. The van der Waals surface area contributed by atoms with Crippen molar-refractivity contribution < 1.29 is 9.90 Å². The Morgan fingerprint density at radius 1 is 1.19 bits per heavy atom. The third-order valence-corrected chi connectivity index (χ3v) is 4.13. The molecule has 3 rings (SSSR count). The number of aromatic nitrogens is 1. The molecule has 0 spiro atoms. The average Bonchev–Trinajstić information content (AvgIpc) is 3.00. The largest absolute Gasteiger partial charge is 0.478 e. The monoisotopic (exact) mass is 298 g/mol. The van der Waals surface area contributed by atoms with Crippen molar-refractivity contribution >= 4 is 33.8 Å². The van der Waals surface area contributed by atoms with Crippen molar-refractivity contribution in [2.24, 2.45) is 0 Å². The lowest BCUT2D eigenvalue weighted by atomic mass is 10.0. The minimum atomic E-state index is -0.902. The molecular weight excluding hydrogens is 284 g/mol. The second-order valence-corrected chi connectivity index (χ2v) is 5.59. The fourth-order valence-electron chi connectivity index (χ4n) is 2.32. The van der Waals surface area contributed by atoms with Gasteiger partial charge in [0.25, 0.3) is 0 Å². The quantitative estimate of drug-likeness (QED) is 0.754. The number of carbonyl (C=O) groups is 1. The number of carboxylic acids is 1. The Bertz CT molecular complexity index is 769. The van der Waals surface area contributed by atoms with E-state index in [-0.39, 0.29) is 0 Å². The average molecular weight is 298 g/mol. The lowest BCUT2D eigenvalue weighted by Gasteiger charge is -2.11. The summed E-state index contributed by atoms with van der Waals surface area (Å²) in [4.78, 5) is 15.5. The van der Waals surface area contributed by atoms with Crippen LogP contribution in [0.3, 0.4) is 0 Å². The molecule has 0 unspecified atom stereocenters. The Morgan fingerprint density at radius 3 is 2.71 bits per heavy atom. The molecule has 1 aromatic heterocycles. The van der Waals surface area contributed by atoms with E-state index in [2.05, 4.69) is 10.3 Å². The molecule has 5 heteroatoms. The van der Waals surface area contributed by atoms with Crippen molar-refractivity contribution in [1.82, 2.24) is 4.98 Å². The van der Waals surface area contributed by atoms with E-state index in [4.69, 9.17) is 0 Å². The summed E-state index contributed by atoms with van der Waals surface area (Å²) < 4.78 is 0. The molecule has 0 bridgehead atoms. The molecule has 21 heavy (non-hydrogen) atoms. The molecular formula is C16H14N2O2S.